The van der Waals surface area contributed by atoms with Gasteiger partial charge < -0.3 is 5.32 Å². The zero-order valence-corrected chi connectivity index (χ0v) is 12.4. The third-order valence-corrected chi connectivity index (χ3v) is 3.76. The number of nitriles is 1. The summed E-state index contributed by atoms with van der Waals surface area (Å²) in [4.78, 5) is 16.0. The molecule has 4 nitrogen and oxygen atoms in total. The quantitative estimate of drug-likeness (QED) is 0.917. The van der Waals surface area contributed by atoms with E-state index in [1.165, 1.54) is 17.5 Å². The first-order chi connectivity index (χ1) is 9.43. The lowest BCUT2D eigenvalue weighted by Crippen LogP contribution is -2.14. The van der Waals surface area contributed by atoms with Gasteiger partial charge in [0.25, 0.3) is 5.91 Å². The molecule has 1 amide bonds. The summed E-state index contributed by atoms with van der Waals surface area (Å²) >= 11 is 1.38. The number of carbonyl (C=O) groups excluding carboxylic acids is 1. The van der Waals surface area contributed by atoms with Gasteiger partial charge in [-0.05, 0) is 28.5 Å². The number of anilines is 1. The van der Waals surface area contributed by atoms with Gasteiger partial charge >= 0.3 is 0 Å². The number of nitrogens with zero attached hydrogens (tertiary/aromatic N) is 2. The average Bonchev–Trinajstić information content (AvgIpc) is 2.82. The monoisotopic (exact) mass is 285 g/mol. The summed E-state index contributed by atoms with van der Waals surface area (Å²) in [5.41, 5.74) is 1.84. The van der Waals surface area contributed by atoms with Crippen molar-refractivity contribution in [2.24, 2.45) is 0 Å². The van der Waals surface area contributed by atoms with Gasteiger partial charge in [-0.25, -0.2) is 0 Å². The van der Waals surface area contributed by atoms with Gasteiger partial charge in [0, 0.05) is 12.4 Å². The van der Waals surface area contributed by atoms with E-state index in [9.17, 15) is 10.1 Å². The van der Waals surface area contributed by atoms with Crippen molar-refractivity contribution in [3.63, 3.8) is 0 Å². The second kappa shape index (κ2) is 5.43. The predicted octanol–water partition coefficient (Wildman–Crippen LogP) is 3.56. The molecule has 0 atom stereocenters. The van der Waals surface area contributed by atoms with Gasteiger partial charge in [0.1, 0.15) is 11.1 Å². The smallest absolute Gasteiger partial charge is 0.257 e. The Balaban J connectivity index is 2.30. The summed E-state index contributed by atoms with van der Waals surface area (Å²) in [5.74, 6) is -0.253. The van der Waals surface area contributed by atoms with E-state index in [0.29, 0.717) is 16.1 Å². The van der Waals surface area contributed by atoms with Crippen LogP contribution in [-0.2, 0) is 5.41 Å². The molecule has 0 fully saturated rings. The first kappa shape index (κ1) is 14.2. The molecule has 0 aliphatic carbocycles. The standard InChI is InChI=1S/C15H15N3OS/c1-15(2,3)12-9-20-14(11(12)7-16)18-13(19)10-5-4-6-17-8-10/h4-6,8-9H,1-3H3,(H,18,19). The maximum atomic E-state index is 12.1. The van der Waals surface area contributed by atoms with Crippen LogP contribution in [-0.4, -0.2) is 10.9 Å². The van der Waals surface area contributed by atoms with Crippen LogP contribution in [0.25, 0.3) is 0 Å². The van der Waals surface area contributed by atoms with Crippen LogP contribution >= 0.6 is 11.3 Å². The highest BCUT2D eigenvalue weighted by molar-refractivity contribution is 7.14. The van der Waals surface area contributed by atoms with Crippen molar-refractivity contribution >= 4 is 22.2 Å². The molecule has 0 spiro atoms. The molecule has 1 N–H and O–H groups in total. The molecule has 0 saturated heterocycles. The number of aromatic nitrogens is 1. The topological polar surface area (TPSA) is 65.8 Å². The second-order valence-electron chi connectivity index (χ2n) is 5.41. The maximum Gasteiger partial charge on any atom is 0.257 e. The van der Waals surface area contributed by atoms with Gasteiger partial charge in [0.15, 0.2) is 0 Å². The van der Waals surface area contributed by atoms with Crippen LogP contribution in [0.1, 0.15) is 42.3 Å². The van der Waals surface area contributed by atoms with Gasteiger partial charge in [0.2, 0.25) is 0 Å². The predicted molar refractivity (Wildman–Crippen MR) is 79.9 cm³/mol. The van der Waals surface area contributed by atoms with Crippen molar-refractivity contribution in [1.82, 2.24) is 4.98 Å². The number of carbonyl (C=O) groups is 1. The summed E-state index contributed by atoms with van der Waals surface area (Å²) in [7, 11) is 0. The Labute approximate surface area is 122 Å². The van der Waals surface area contributed by atoms with Crippen molar-refractivity contribution in [1.29, 1.82) is 5.26 Å². The van der Waals surface area contributed by atoms with Crippen molar-refractivity contribution in [2.45, 2.75) is 26.2 Å². The van der Waals surface area contributed by atoms with Crippen LogP contribution in [0.3, 0.4) is 0 Å². The molecule has 0 aliphatic rings. The van der Waals surface area contributed by atoms with Gasteiger partial charge in [-0.3, -0.25) is 9.78 Å². The SMILES string of the molecule is CC(C)(C)c1csc(NC(=O)c2cccnc2)c1C#N. The van der Waals surface area contributed by atoms with Crippen LogP contribution in [0.2, 0.25) is 0 Å². The minimum atomic E-state index is -0.253. The van der Waals surface area contributed by atoms with E-state index < -0.39 is 0 Å². The van der Waals surface area contributed by atoms with Crippen LogP contribution in [0.4, 0.5) is 5.00 Å². The van der Waals surface area contributed by atoms with E-state index in [4.69, 9.17) is 0 Å². The van der Waals surface area contributed by atoms with E-state index in [-0.39, 0.29) is 11.3 Å². The molecule has 102 valence electrons. The maximum absolute atomic E-state index is 12.1. The normalized spacial score (nSPS) is 10.9. The highest BCUT2D eigenvalue weighted by Gasteiger charge is 2.23. The van der Waals surface area contributed by atoms with Crippen molar-refractivity contribution in [3.8, 4) is 6.07 Å². The number of hydrogen-bond donors (Lipinski definition) is 1. The Hall–Kier alpha value is -2.19. The molecule has 2 aromatic rings. The molecule has 5 heteroatoms. The van der Waals surface area contributed by atoms with E-state index in [1.807, 2.05) is 26.2 Å². The molecular formula is C15H15N3OS. The van der Waals surface area contributed by atoms with Gasteiger partial charge in [0.05, 0.1) is 11.1 Å². The number of hydrogen-bond acceptors (Lipinski definition) is 4. The van der Waals surface area contributed by atoms with Crippen LogP contribution in [0, 0.1) is 11.3 Å². The molecule has 2 heterocycles. The molecule has 0 bridgehead atoms. The van der Waals surface area contributed by atoms with Crippen LogP contribution < -0.4 is 5.32 Å². The zero-order chi connectivity index (χ0) is 14.8. The highest BCUT2D eigenvalue weighted by Crippen LogP contribution is 2.35. The molecule has 0 aromatic carbocycles. The highest BCUT2D eigenvalue weighted by atomic mass is 32.1. The molecule has 2 aromatic heterocycles. The van der Waals surface area contributed by atoms with E-state index >= 15 is 0 Å². The van der Waals surface area contributed by atoms with Gasteiger partial charge in [-0.15, -0.1) is 11.3 Å². The van der Waals surface area contributed by atoms with Gasteiger partial charge in [-0.2, -0.15) is 5.26 Å². The van der Waals surface area contributed by atoms with E-state index in [2.05, 4.69) is 16.4 Å². The van der Waals surface area contributed by atoms with Crippen LogP contribution in [0.5, 0.6) is 0 Å². The fourth-order valence-electron chi connectivity index (χ4n) is 1.79. The summed E-state index contributed by atoms with van der Waals surface area (Å²) in [6.07, 6.45) is 3.11. The number of amides is 1. The molecule has 20 heavy (non-hydrogen) atoms. The summed E-state index contributed by atoms with van der Waals surface area (Å²) in [5, 5.41) is 14.6. The van der Waals surface area contributed by atoms with E-state index in [1.54, 1.807) is 18.3 Å². The Morgan fingerprint density at radius 2 is 2.20 bits per heavy atom. The first-order valence-electron chi connectivity index (χ1n) is 6.17. The molecule has 0 saturated carbocycles. The van der Waals surface area contributed by atoms with Crippen LogP contribution in [0.15, 0.2) is 29.9 Å². The number of rotatable bonds is 2. The lowest BCUT2D eigenvalue weighted by molar-refractivity contribution is 0.102. The summed E-state index contributed by atoms with van der Waals surface area (Å²) < 4.78 is 0. The van der Waals surface area contributed by atoms with Gasteiger partial charge in [-0.1, -0.05) is 20.8 Å². The number of pyridine rings is 1. The first-order valence-corrected chi connectivity index (χ1v) is 7.05. The fraction of sp³-hybridized carbons (Fsp3) is 0.267. The number of nitrogens with one attached hydrogen (secondary N) is 1. The minimum Gasteiger partial charge on any atom is -0.312 e. The largest absolute Gasteiger partial charge is 0.312 e. The third-order valence-electron chi connectivity index (χ3n) is 2.86. The fourth-order valence-corrected chi connectivity index (χ4v) is 2.92. The Bertz CT molecular complexity index is 663. The van der Waals surface area contributed by atoms with Crippen molar-refractivity contribution < 1.29 is 4.79 Å². The Morgan fingerprint density at radius 3 is 2.75 bits per heavy atom. The second-order valence-corrected chi connectivity index (χ2v) is 6.29. The Morgan fingerprint density at radius 1 is 1.45 bits per heavy atom. The lowest BCUT2D eigenvalue weighted by atomic mass is 9.86. The Kier molecular flexibility index (Phi) is 3.86. The number of thiophene rings is 1. The third kappa shape index (κ3) is 2.86. The summed E-state index contributed by atoms with van der Waals surface area (Å²) in [6.45, 7) is 6.13. The zero-order valence-electron chi connectivity index (χ0n) is 11.6. The summed E-state index contributed by atoms with van der Waals surface area (Å²) in [6, 6.07) is 5.58. The molecule has 0 aliphatic heterocycles. The molecule has 0 unspecified atom stereocenters. The van der Waals surface area contributed by atoms with Crippen molar-refractivity contribution in [2.75, 3.05) is 5.32 Å². The molecule has 2 rings (SSSR count). The average molecular weight is 285 g/mol. The van der Waals surface area contributed by atoms with Crippen molar-refractivity contribution in [3.05, 3.63) is 46.6 Å². The minimum absolute atomic E-state index is 0.126. The lowest BCUT2D eigenvalue weighted by Gasteiger charge is -2.17. The van der Waals surface area contributed by atoms with E-state index in [0.717, 1.165) is 5.56 Å². The molecular weight excluding hydrogens is 270 g/mol. The molecule has 0 radical (unpaired) electrons.